The first-order valence-corrected chi connectivity index (χ1v) is 10.4. The first-order valence-electron chi connectivity index (χ1n) is 8.73. The molecule has 0 bridgehead atoms. The summed E-state index contributed by atoms with van der Waals surface area (Å²) in [5.41, 5.74) is 0.243. The zero-order valence-corrected chi connectivity index (χ0v) is 15.9. The van der Waals surface area contributed by atoms with Gasteiger partial charge in [-0.1, -0.05) is 12.1 Å². The van der Waals surface area contributed by atoms with Gasteiger partial charge in [0.05, 0.1) is 24.2 Å². The minimum absolute atomic E-state index is 0.00816. The molecule has 0 spiro atoms. The fourth-order valence-corrected chi connectivity index (χ4v) is 4.15. The Morgan fingerprint density at radius 3 is 2.62 bits per heavy atom. The van der Waals surface area contributed by atoms with Crippen LogP contribution >= 0.6 is 0 Å². The molecule has 1 aromatic heterocycles. The topological polar surface area (TPSA) is 82.5 Å². The molecule has 1 unspecified atom stereocenters. The molecule has 3 aromatic rings. The van der Waals surface area contributed by atoms with Gasteiger partial charge >= 0.3 is 0 Å². The quantitative estimate of drug-likeness (QED) is 0.662. The van der Waals surface area contributed by atoms with Gasteiger partial charge in [0.1, 0.15) is 18.2 Å². The van der Waals surface area contributed by atoms with Gasteiger partial charge in [0.25, 0.3) is 0 Å². The molecule has 152 valence electrons. The average molecular weight is 421 g/mol. The number of nitrogens with one attached hydrogen (secondary N) is 1. The summed E-state index contributed by atoms with van der Waals surface area (Å²) in [5.74, 6) is -0.923. The van der Waals surface area contributed by atoms with E-state index in [1.54, 1.807) is 6.07 Å². The second-order valence-corrected chi connectivity index (χ2v) is 8.31. The van der Waals surface area contributed by atoms with Crippen molar-refractivity contribution in [1.82, 2.24) is 9.78 Å². The minimum atomic E-state index is -3.87. The highest BCUT2D eigenvalue weighted by atomic mass is 32.2. The number of hydrogen-bond acceptors (Lipinski definition) is 5. The Hall–Kier alpha value is -3.14. The van der Waals surface area contributed by atoms with Crippen LogP contribution in [0.4, 0.5) is 14.5 Å². The van der Waals surface area contributed by atoms with Gasteiger partial charge in [-0.05, 0) is 29.8 Å². The summed E-state index contributed by atoms with van der Waals surface area (Å²) in [4.78, 5) is 0. The molecule has 1 aliphatic rings. The van der Waals surface area contributed by atoms with Crippen LogP contribution < -0.4 is 14.2 Å². The van der Waals surface area contributed by atoms with E-state index in [2.05, 4.69) is 9.82 Å². The predicted octanol–water partition coefficient (Wildman–Crippen LogP) is 2.94. The normalized spacial score (nSPS) is 15.9. The molecular weight excluding hydrogens is 404 g/mol. The molecule has 7 nitrogen and oxygen atoms in total. The maximum atomic E-state index is 13.3. The monoisotopic (exact) mass is 421 g/mol. The summed E-state index contributed by atoms with van der Waals surface area (Å²) >= 11 is 0. The van der Waals surface area contributed by atoms with Crippen LogP contribution in [-0.2, 0) is 22.3 Å². The molecule has 0 radical (unpaired) electrons. The largest absolute Gasteiger partial charge is 0.486 e. The van der Waals surface area contributed by atoms with Crippen LogP contribution in [0.15, 0.2) is 54.9 Å². The zero-order chi connectivity index (χ0) is 20.4. The van der Waals surface area contributed by atoms with Gasteiger partial charge in [0, 0.05) is 12.3 Å². The molecule has 2 heterocycles. The predicted molar refractivity (Wildman–Crippen MR) is 101 cm³/mol. The van der Waals surface area contributed by atoms with E-state index < -0.39 is 27.4 Å². The Morgan fingerprint density at radius 2 is 1.86 bits per heavy atom. The van der Waals surface area contributed by atoms with Gasteiger partial charge < -0.3 is 9.47 Å². The number of rotatable bonds is 6. The van der Waals surface area contributed by atoms with Gasteiger partial charge in [0.2, 0.25) is 10.0 Å². The van der Waals surface area contributed by atoms with E-state index in [0.29, 0.717) is 30.7 Å². The van der Waals surface area contributed by atoms with Crippen LogP contribution in [0.25, 0.3) is 0 Å². The number of hydrogen-bond donors (Lipinski definition) is 1. The van der Waals surface area contributed by atoms with Crippen LogP contribution in [0.3, 0.4) is 0 Å². The molecule has 2 aromatic carbocycles. The second-order valence-electron chi connectivity index (χ2n) is 6.59. The minimum Gasteiger partial charge on any atom is -0.486 e. The number of nitrogens with zero attached hydrogens (tertiary/aromatic N) is 2. The van der Waals surface area contributed by atoms with Crippen LogP contribution in [-0.4, -0.2) is 30.9 Å². The maximum absolute atomic E-state index is 13.3. The van der Waals surface area contributed by atoms with Gasteiger partial charge in [-0.3, -0.25) is 9.40 Å². The van der Waals surface area contributed by atoms with Crippen molar-refractivity contribution in [3.63, 3.8) is 0 Å². The van der Waals surface area contributed by atoms with E-state index in [1.807, 2.05) is 18.2 Å². The summed E-state index contributed by atoms with van der Waals surface area (Å²) in [6.45, 7) is 0.689. The van der Waals surface area contributed by atoms with Crippen molar-refractivity contribution in [2.45, 2.75) is 18.4 Å². The van der Waals surface area contributed by atoms with Crippen molar-refractivity contribution in [1.29, 1.82) is 0 Å². The number of fused-ring (bicyclic) bond motifs is 1. The lowest BCUT2D eigenvalue weighted by Crippen LogP contribution is -2.33. The third kappa shape index (κ3) is 4.83. The lowest BCUT2D eigenvalue weighted by molar-refractivity contribution is 0.0759. The van der Waals surface area contributed by atoms with E-state index in [4.69, 9.17) is 9.47 Å². The highest BCUT2D eigenvalue weighted by Crippen LogP contribution is 2.31. The molecule has 0 saturated carbocycles. The molecule has 1 atom stereocenters. The highest BCUT2D eigenvalue weighted by Gasteiger charge is 2.22. The fourth-order valence-electron chi connectivity index (χ4n) is 3.01. The van der Waals surface area contributed by atoms with Gasteiger partial charge in [0.15, 0.2) is 17.6 Å². The SMILES string of the molecule is O=S(=O)(Cc1cc(F)cc(F)c1)Nc1cnn(CC2COc3ccccc3O2)c1. The maximum Gasteiger partial charge on any atom is 0.237 e. The number of sulfonamides is 1. The van der Waals surface area contributed by atoms with Crippen LogP contribution in [0.5, 0.6) is 11.5 Å². The Kier molecular flexibility index (Phi) is 5.10. The Balaban J connectivity index is 1.39. The van der Waals surface area contributed by atoms with E-state index >= 15 is 0 Å². The summed E-state index contributed by atoms with van der Waals surface area (Å²) in [6, 6.07) is 9.95. The summed E-state index contributed by atoms with van der Waals surface area (Å²) in [7, 11) is -3.87. The summed E-state index contributed by atoms with van der Waals surface area (Å²) in [5, 5.41) is 4.12. The molecule has 4 rings (SSSR count). The van der Waals surface area contributed by atoms with Crippen molar-refractivity contribution in [3.05, 3.63) is 72.1 Å². The Labute approximate surface area is 165 Å². The van der Waals surface area contributed by atoms with Crippen molar-refractivity contribution in [3.8, 4) is 11.5 Å². The second kappa shape index (κ2) is 7.70. The van der Waals surface area contributed by atoms with E-state index in [-0.39, 0.29) is 17.4 Å². The standard InChI is InChI=1S/C19H17F2N3O4S/c20-14-5-13(6-15(21)7-14)12-29(25,26)23-16-8-22-24(9-16)10-17-11-27-18-3-1-2-4-19(18)28-17/h1-9,17,23H,10-12H2. The third-order valence-corrected chi connectivity index (χ3v) is 5.40. The molecule has 0 amide bonds. The summed E-state index contributed by atoms with van der Waals surface area (Å²) < 4.78 is 66.5. The average Bonchev–Trinajstić information content (AvgIpc) is 3.06. The molecule has 0 aliphatic carbocycles. The number of anilines is 1. The van der Waals surface area contributed by atoms with Crippen molar-refractivity contribution >= 4 is 15.7 Å². The van der Waals surface area contributed by atoms with Crippen molar-refractivity contribution in [2.75, 3.05) is 11.3 Å². The van der Waals surface area contributed by atoms with Gasteiger partial charge in [-0.25, -0.2) is 17.2 Å². The molecule has 0 fully saturated rings. The van der Waals surface area contributed by atoms with Crippen molar-refractivity contribution < 1.29 is 26.7 Å². The first kappa shape index (κ1) is 19.2. The zero-order valence-electron chi connectivity index (χ0n) is 15.1. The van der Waals surface area contributed by atoms with E-state index in [0.717, 1.165) is 12.1 Å². The molecule has 0 saturated heterocycles. The van der Waals surface area contributed by atoms with Gasteiger partial charge in [-0.15, -0.1) is 0 Å². The smallest absolute Gasteiger partial charge is 0.237 e. The fraction of sp³-hybridized carbons (Fsp3) is 0.211. The van der Waals surface area contributed by atoms with Crippen molar-refractivity contribution in [2.24, 2.45) is 0 Å². The Bertz CT molecular complexity index is 1110. The molecule has 29 heavy (non-hydrogen) atoms. The number of para-hydroxylation sites is 2. The number of benzene rings is 2. The van der Waals surface area contributed by atoms with Gasteiger partial charge in [-0.2, -0.15) is 5.10 Å². The summed E-state index contributed by atoms with van der Waals surface area (Å²) in [6.07, 6.45) is 2.57. The van der Waals surface area contributed by atoms with E-state index in [9.17, 15) is 17.2 Å². The third-order valence-electron chi connectivity index (χ3n) is 4.14. The lowest BCUT2D eigenvalue weighted by Gasteiger charge is -2.26. The number of ether oxygens (including phenoxy) is 2. The van der Waals surface area contributed by atoms with E-state index in [1.165, 1.54) is 17.1 Å². The number of halogens is 2. The van der Waals surface area contributed by atoms with Crippen LogP contribution in [0, 0.1) is 11.6 Å². The van der Waals surface area contributed by atoms with Crippen LogP contribution in [0.1, 0.15) is 5.56 Å². The number of aromatic nitrogens is 2. The molecule has 10 heteroatoms. The first-order chi connectivity index (χ1) is 13.9. The Morgan fingerprint density at radius 1 is 1.14 bits per heavy atom. The molecule has 1 aliphatic heterocycles. The van der Waals surface area contributed by atoms with Crippen LogP contribution in [0.2, 0.25) is 0 Å². The molecular formula is C19H17F2N3O4S. The highest BCUT2D eigenvalue weighted by molar-refractivity contribution is 7.91. The lowest BCUT2D eigenvalue weighted by atomic mass is 10.2. The molecule has 1 N–H and O–H groups in total.